The number of rotatable bonds is 2. The minimum atomic E-state index is -0.385. The van der Waals surface area contributed by atoms with Crippen LogP contribution in [0.4, 0.5) is 0 Å². The molecule has 1 heterocycles. The molecule has 0 unspecified atom stereocenters. The van der Waals surface area contributed by atoms with Gasteiger partial charge in [-0.15, -0.1) is 0 Å². The number of ether oxygens (including phenoxy) is 1. The predicted molar refractivity (Wildman–Crippen MR) is 59.6 cm³/mol. The van der Waals surface area contributed by atoms with Gasteiger partial charge in [0.15, 0.2) is 5.69 Å². The number of imidazole rings is 1. The van der Waals surface area contributed by atoms with Crippen LogP contribution in [-0.4, -0.2) is 22.6 Å². The second-order valence-corrected chi connectivity index (χ2v) is 3.35. The number of carbonyl (C=O) groups excluding carboxylic acids is 1. The third kappa shape index (κ3) is 1.69. The Kier molecular flexibility index (Phi) is 2.72. The molecule has 0 aliphatic rings. The summed E-state index contributed by atoms with van der Waals surface area (Å²) in [5.74, 6) is 0.371. The summed E-state index contributed by atoms with van der Waals surface area (Å²) in [6, 6.07) is 9.58. The number of para-hydroxylation sites is 1. The molecule has 0 atom stereocenters. The number of esters is 1. The van der Waals surface area contributed by atoms with Crippen molar-refractivity contribution in [3.05, 3.63) is 48.0 Å². The van der Waals surface area contributed by atoms with E-state index in [0.29, 0.717) is 5.69 Å². The van der Waals surface area contributed by atoms with Crippen molar-refractivity contribution in [3.63, 3.8) is 0 Å². The minimum absolute atomic E-state index is 0.385. The van der Waals surface area contributed by atoms with Crippen LogP contribution < -0.4 is 0 Å². The first-order chi connectivity index (χ1) is 7.74. The van der Waals surface area contributed by atoms with Crippen molar-refractivity contribution in [2.45, 2.75) is 6.92 Å². The highest BCUT2D eigenvalue weighted by Gasteiger charge is 2.15. The number of carbonyl (C=O) groups is 1. The molecule has 0 fully saturated rings. The molecule has 1 aromatic heterocycles. The van der Waals surface area contributed by atoms with Gasteiger partial charge in [0.2, 0.25) is 0 Å². The molecule has 82 valence electrons. The Morgan fingerprint density at radius 1 is 1.31 bits per heavy atom. The molecule has 0 saturated carbocycles. The van der Waals surface area contributed by atoms with E-state index in [0.717, 1.165) is 11.5 Å². The third-order valence-corrected chi connectivity index (χ3v) is 2.35. The Morgan fingerprint density at radius 2 is 2.00 bits per heavy atom. The Morgan fingerprint density at radius 3 is 2.62 bits per heavy atom. The van der Waals surface area contributed by atoms with Crippen LogP contribution in [0, 0.1) is 6.92 Å². The predicted octanol–water partition coefficient (Wildman–Crippen LogP) is 1.97. The maximum absolute atomic E-state index is 11.5. The molecule has 0 N–H and O–H groups in total. The van der Waals surface area contributed by atoms with Gasteiger partial charge in [-0.05, 0) is 19.1 Å². The second-order valence-electron chi connectivity index (χ2n) is 3.35. The van der Waals surface area contributed by atoms with Crippen LogP contribution in [0.2, 0.25) is 0 Å². The fraction of sp³-hybridized carbons (Fsp3) is 0.167. The molecule has 0 amide bonds. The maximum Gasteiger partial charge on any atom is 0.356 e. The molecule has 4 heteroatoms. The van der Waals surface area contributed by atoms with E-state index in [1.165, 1.54) is 13.3 Å². The molecular weight excluding hydrogens is 204 g/mol. The van der Waals surface area contributed by atoms with Gasteiger partial charge >= 0.3 is 5.97 Å². The molecule has 16 heavy (non-hydrogen) atoms. The van der Waals surface area contributed by atoms with Gasteiger partial charge in [0.05, 0.1) is 13.3 Å². The molecule has 0 radical (unpaired) electrons. The lowest BCUT2D eigenvalue weighted by atomic mass is 10.3. The number of methoxy groups -OCH3 is 1. The van der Waals surface area contributed by atoms with Crippen molar-refractivity contribution in [1.29, 1.82) is 0 Å². The molecule has 0 aliphatic carbocycles. The molecule has 4 nitrogen and oxygen atoms in total. The van der Waals surface area contributed by atoms with Gasteiger partial charge in [-0.25, -0.2) is 9.78 Å². The van der Waals surface area contributed by atoms with Gasteiger partial charge in [-0.2, -0.15) is 0 Å². The average Bonchev–Trinajstić information content (AvgIpc) is 2.71. The van der Waals surface area contributed by atoms with Crippen molar-refractivity contribution < 1.29 is 9.53 Å². The first-order valence-corrected chi connectivity index (χ1v) is 4.92. The highest BCUT2D eigenvalue weighted by Crippen LogP contribution is 2.14. The normalized spacial score (nSPS) is 10.1. The van der Waals surface area contributed by atoms with Crippen molar-refractivity contribution in [3.8, 4) is 5.69 Å². The van der Waals surface area contributed by atoms with Gasteiger partial charge in [0, 0.05) is 5.69 Å². The van der Waals surface area contributed by atoms with Gasteiger partial charge in [-0.3, -0.25) is 4.57 Å². The Hall–Kier alpha value is -2.10. The zero-order valence-electron chi connectivity index (χ0n) is 9.18. The van der Waals surface area contributed by atoms with Crippen molar-refractivity contribution in [2.75, 3.05) is 7.11 Å². The van der Waals surface area contributed by atoms with E-state index >= 15 is 0 Å². The number of aryl methyl sites for hydroxylation is 1. The monoisotopic (exact) mass is 216 g/mol. The van der Waals surface area contributed by atoms with E-state index in [-0.39, 0.29) is 5.97 Å². The number of aromatic nitrogens is 2. The van der Waals surface area contributed by atoms with E-state index < -0.39 is 0 Å². The lowest BCUT2D eigenvalue weighted by Crippen LogP contribution is -2.09. The molecule has 2 aromatic rings. The zero-order valence-corrected chi connectivity index (χ0v) is 9.18. The Bertz CT molecular complexity index is 503. The van der Waals surface area contributed by atoms with Crippen molar-refractivity contribution in [1.82, 2.24) is 9.55 Å². The van der Waals surface area contributed by atoms with E-state index in [1.54, 1.807) is 4.57 Å². The molecule has 2 rings (SSSR count). The zero-order chi connectivity index (χ0) is 11.5. The highest BCUT2D eigenvalue weighted by atomic mass is 16.5. The highest BCUT2D eigenvalue weighted by molar-refractivity contribution is 5.88. The van der Waals surface area contributed by atoms with Crippen LogP contribution in [0.3, 0.4) is 0 Å². The fourth-order valence-electron chi connectivity index (χ4n) is 1.60. The molecule has 0 aliphatic heterocycles. The Labute approximate surface area is 93.5 Å². The number of hydrogen-bond donors (Lipinski definition) is 0. The number of hydrogen-bond acceptors (Lipinski definition) is 3. The number of benzene rings is 1. The molecule has 0 spiro atoms. The van der Waals surface area contributed by atoms with Gasteiger partial charge in [0.25, 0.3) is 0 Å². The standard InChI is InChI=1S/C12H12N2O2/c1-9-13-8-11(12(15)16-2)14(9)10-6-4-3-5-7-10/h3-8H,1-2H3. The molecular formula is C12H12N2O2. The van der Waals surface area contributed by atoms with Crippen molar-refractivity contribution in [2.24, 2.45) is 0 Å². The largest absolute Gasteiger partial charge is 0.464 e. The van der Waals surface area contributed by atoms with E-state index in [4.69, 9.17) is 4.74 Å². The van der Waals surface area contributed by atoms with Gasteiger partial charge in [0.1, 0.15) is 5.82 Å². The first-order valence-electron chi connectivity index (χ1n) is 4.92. The summed E-state index contributed by atoms with van der Waals surface area (Å²) in [5, 5.41) is 0. The van der Waals surface area contributed by atoms with Crippen LogP contribution in [0.25, 0.3) is 5.69 Å². The van der Waals surface area contributed by atoms with Gasteiger partial charge < -0.3 is 4.74 Å². The van der Waals surface area contributed by atoms with Crippen molar-refractivity contribution >= 4 is 5.97 Å². The summed E-state index contributed by atoms with van der Waals surface area (Å²) in [6.45, 7) is 1.85. The quantitative estimate of drug-likeness (QED) is 0.721. The second kappa shape index (κ2) is 4.18. The van der Waals surface area contributed by atoms with Crippen LogP contribution in [0.15, 0.2) is 36.5 Å². The summed E-state index contributed by atoms with van der Waals surface area (Å²) in [7, 11) is 1.36. The average molecular weight is 216 g/mol. The topological polar surface area (TPSA) is 44.1 Å². The maximum atomic E-state index is 11.5. The van der Waals surface area contributed by atoms with Crippen LogP contribution >= 0.6 is 0 Å². The smallest absolute Gasteiger partial charge is 0.356 e. The number of nitrogens with zero attached hydrogens (tertiary/aromatic N) is 2. The lowest BCUT2D eigenvalue weighted by molar-refractivity contribution is 0.0591. The summed E-state index contributed by atoms with van der Waals surface area (Å²) < 4.78 is 6.48. The van der Waals surface area contributed by atoms with E-state index in [9.17, 15) is 4.79 Å². The minimum Gasteiger partial charge on any atom is -0.464 e. The summed E-state index contributed by atoms with van der Waals surface area (Å²) in [4.78, 5) is 15.7. The van der Waals surface area contributed by atoms with Crippen LogP contribution in [0.5, 0.6) is 0 Å². The summed E-state index contributed by atoms with van der Waals surface area (Å²) >= 11 is 0. The Balaban J connectivity index is 2.56. The fourth-order valence-corrected chi connectivity index (χ4v) is 1.60. The third-order valence-electron chi connectivity index (χ3n) is 2.35. The van der Waals surface area contributed by atoms with Crippen LogP contribution in [0.1, 0.15) is 16.3 Å². The molecule has 0 saturated heterocycles. The lowest BCUT2D eigenvalue weighted by Gasteiger charge is -2.08. The summed E-state index contributed by atoms with van der Waals surface area (Å²) in [5.41, 5.74) is 1.34. The van der Waals surface area contributed by atoms with E-state index in [1.807, 2.05) is 37.3 Å². The van der Waals surface area contributed by atoms with Gasteiger partial charge in [-0.1, -0.05) is 18.2 Å². The van der Waals surface area contributed by atoms with Crippen LogP contribution in [-0.2, 0) is 4.74 Å². The van der Waals surface area contributed by atoms with E-state index in [2.05, 4.69) is 4.98 Å². The molecule has 1 aromatic carbocycles. The SMILES string of the molecule is COC(=O)c1cnc(C)n1-c1ccccc1. The first kappa shape index (κ1) is 10.4. The summed E-state index contributed by atoms with van der Waals surface area (Å²) in [6.07, 6.45) is 1.52. The molecule has 0 bridgehead atoms.